The number of likely N-dealkylation sites (N-methyl/N-ethyl adjacent to an activating group) is 1. The number of para-hydroxylation sites is 2. The summed E-state index contributed by atoms with van der Waals surface area (Å²) in [5, 5.41) is 14.6. The zero-order valence-corrected chi connectivity index (χ0v) is 28.2. The van der Waals surface area contributed by atoms with E-state index < -0.39 is 12.1 Å². The van der Waals surface area contributed by atoms with Crippen LogP contribution in [0.2, 0.25) is 0 Å². The van der Waals surface area contributed by atoms with Crippen LogP contribution in [0.15, 0.2) is 107 Å². The Morgan fingerprint density at radius 2 is 1.57 bits per heavy atom. The zero-order chi connectivity index (χ0) is 32.8. The quantitative estimate of drug-likeness (QED) is 0.0968. The number of aryl methyl sites for hydroxylation is 1. The molecule has 1 amide bonds. The fraction of sp³-hybridized carbons (Fsp3) is 0.270. The van der Waals surface area contributed by atoms with Gasteiger partial charge in [0.05, 0.1) is 12.1 Å². The third-order valence-corrected chi connectivity index (χ3v) is 13.0. The van der Waals surface area contributed by atoms with Gasteiger partial charge in [-0.05, 0) is 60.8 Å². The second-order valence-electron chi connectivity index (χ2n) is 12.2. The molecule has 0 spiro atoms. The molecule has 236 valence electrons. The molecule has 0 bridgehead atoms. The smallest absolute Gasteiger partial charge is 0.277 e. The number of aromatic nitrogens is 1. The number of rotatable bonds is 8. The third kappa shape index (κ3) is 4.97. The summed E-state index contributed by atoms with van der Waals surface area (Å²) in [5.41, 5.74) is 5.70. The molecule has 0 fully saturated rings. The number of anilines is 1. The van der Waals surface area contributed by atoms with Gasteiger partial charge in [0.2, 0.25) is 0 Å². The lowest BCUT2D eigenvalue weighted by Gasteiger charge is -2.36. The van der Waals surface area contributed by atoms with Crippen LogP contribution in [-0.4, -0.2) is 40.2 Å². The summed E-state index contributed by atoms with van der Waals surface area (Å²) < 4.78 is 9.88. The van der Waals surface area contributed by atoms with Crippen molar-refractivity contribution in [2.45, 2.75) is 46.6 Å². The van der Waals surface area contributed by atoms with Gasteiger partial charge in [-0.1, -0.05) is 64.1 Å². The van der Waals surface area contributed by atoms with Crippen LogP contribution in [-0.2, 0) is 12.0 Å². The van der Waals surface area contributed by atoms with Crippen LogP contribution in [0.25, 0.3) is 21.8 Å². The molecule has 0 aliphatic carbocycles. The number of fused-ring (bicyclic) bond motifs is 4. The SMILES string of the molecule is CCN(CC)[P@](/C=C1\N(C)c2ccccc2C1(C)C)(=NC(=O)c1ccc([N+](=O)[O-])cc1)c1ccc2c(c1)c1ccccc1n2CC. The molecule has 1 atom stereocenters. The normalized spacial score (nSPS) is 16.2. The van der Waals surface area contributed by atoms with Gasteiger partial charge in [0.25, 0.3) is 11.6 Å². The monoisotopic (exact) mass is 633 g/mol. The van der Waals surface area contributed by atoms with Crippen LogP contribution in [0.5, 0.6) is 0 Å². The molecule has 2 heterocycles. The van der Waals surface area contributed by atoms with Crippen LogP contribution >= 0.6 is 7.21 Å². The van der Waals surface area contributed by atoms with E-state index in [1.54, 1.807) is 0 Å². The first-order valence-electron chi connectivity index (χ1n) is 15.8. The predicted molar refractivity (Wildman–Crippen MR) is 190 cm³/mol. The number of nitro groups is 1. The van der Waals surface area contributed by atoms with E-state index >= 15 is 0 Å². The molecule has 1 aromatic heterocycles. The molecule has 8 nitrogen and oxygen atoms in total. The van der Waals surface area contributed by atoms with Crippen LogP contribution in [0.1, 0.15) is 50.5 Å². The molecule has 0 N–H and O–H groups in total. The van der Waals surface area contributed by atoms with E-state index in [0.717, 1.165) is 34.1 Å². The highest BCUT2D eigenvalue weighted by Crippen LogP contribution is 2.59. The second kappa shape index (κ2) is 12.0. The van der Waals surface area contributed by atoms with Gasteiger partial charge >= 0.3 is 0 Å². The first-order chi connectivity index (χ1) is 22.1. The van der Waals surface area contributed by atoms with Gasteiger partial charge in [0.1, 0.15) is 0 Å². The molecule has 5 aromatic rings. The molecule has 0 radical (unpaired) electrons. The number of hydrogen-bond donors (Lipinski definition) is 0. The van der Waals surface area contributed by atoms with Gasteiger partial charge in [-0.15, -0.1) is 0 Å². The van der Waals surface area contributed by atoms with Crippen molar-refractivity contribution in [3.05, 3.63) is 124 Å². The molecule has 6 rings (SSSR count). The zero-order valence-electron chi connectivity index (χ0n) is 27.3. The van der Waals surface area contributed by atoms with Crippen molar-refractivity contribution in [3.8, 4) is 0 Å². The Labute approximate surface area is 270 Å². The van der Waals surface area contributed by atoms with Gasteiger partial charge in [0, 0.05) is 88.3 Å². The molecule has 0 unspecified atom stereocenters. The van der Waals surface area contributed by atoms with Crippen molar-refractivity contribution in [2.24, 2.45) is 4.74 Å². The minimum absolute atomic E-state index is 0.0617. The fourth-order valence-corrected chi connectivity index (χ4v) is 10.7. The van der Waals surface area contributed by atoms with E-state index in [2.05, 4.69) is 128 Å². The molecule has 0 saturated carbocycles. The van der Waals surface area contributed by atoms with E-state index in [1.165, 1.54) is 40.7 Å². The second-order valence-corrected chi connectivity index (χ2v) is 15.0. The highest BCUT2D eigenvalue weighted by Gasteiger charge is 2.41. The van der Waals surface area contributed by atoms with Crippen molar-refractivity contribution in [1.82, 2.24) is 9.24 Å². The molecule has 0 saturated heterocycles. The Balaban J connectivity index is 1.69. The van der Waals surface area contributed by atoms with Crippen LogP contribution in [0.4, 0.5) is 11.4 Å². The van der Waals surface area contributed by atoms with E-state index in [1.807, 2.05) is 0 Å². The number of carbonyl (C=O) groups excluding carboxylic acids is 1. The van der Waals surface area contributed by atoms with E-state index in [9.17, 15) is 14.9 Å². The summed E-state index contributed by atoms with van der Waals surface area (Å²) in [4.78, 5) is 27.4. The molecule has 1 aliphatic heterocycles. The molecule has 1 aliphatic rings. The van der Waals surface area contributed by atoms with Crippen molar-refractivity contribution in [3.63, 3.8) is 0 Å². The number of nitrogens with zero attached hydrogens (tertiary/aromatic N) is 5. The van der Waals surface area contributed by atoms with Crippen LogP contribution in [0.3, 0.4) is 0 Å². The average Bonchev–Trinajstić information content (AvgIpc) is 3.49. The number of benzene rings is 4. The lowest BCUT2D eigenvalue weighted by molar-refractivity contribution is -0.384. The minimum atomic E-state index is -2.93. The minimum Gasteiger partial charge on any atom is -0.347 e. The number of allylic oxidation sites excluding steroid dienone is 1. The van der Waals surface area contributed by atoms with Crippen molar-refractivity contribution < 1.29 is 9.72 Å². The summed E-state index contributed by atoms with van der Waals surface area (Å²) in [5.74, 6) is 1.89. The maximum Gasteiger partial charge on any atom is 0.277 e. The Morgan fingerprint density at radius 1 is 0.913 bits per heavy atom. The van der Waals surface area contributed by atoms with Gasteiger partial charge < -0.3 is 9.47 Å². The number of nitro benzene ring substituents is 1. The van der Waals surface area contributed by atoms with Crippen molar-refractivity contribution in [2.75, 3.05) is 25.0 Å². The molecule has 46 heavy (non-hydrogen) atoms. The standard InChI is InChI=1S/C37H40N5O3P/c1-7-40(8-2)46(38-36(43)26-18-20-27(21-19-26)42(44)45,25-35-37(4,5)31-15-11-13-17-34(31)39(35)6)28-22-23-33-30(24-28)29-14-10-12-16-32(29)41(33)9-3/h10-25H,7-9H2,1-6H3/b35-25-/t46-/m0/s1. The van der Waals surface area contributed by atoms with Crippen molar-refractivity contribution in [1.29, 1.82) is 0 Å². The largest absolute Gasteiger partial charge is 0.347 e. The lowest BCUT2D eigenvalue weighted by atomic mass is 9.84. The number of carbonyl (C=O) groups is 1. The van der Waals surface area contributed by atoms with E-state index in [-0.39, 0.29) is 17.0 Å². The van der Waals surface area contributed by atoms with E-state index in [4.69, 9.17) is 4.74 Å². The summed E-state index contributed by atoms with van der Waals surface area (Å²) in [6, 6.07) is 29.2. The van der Waals surface area contributed by atoms with Crippen LogP contribution in [0, 0.1) is 10.1 Å². The third-order valence-electron chi connectivity index (χ3n) is 9.42. The highest BCUT2D eigenvalue weighted by atomic mass is 31.2. The Morgan fingerprint density at radius 3 is 2.22 bits per heavy atom. The summed E-state index contributed by atoms with van der Waals surface area (Å²) in [6.07, 6.45) is 0. The van der Waals surface area contributed by atoms with Gasteiger partial charge in [-0.3, -0.25) is 19.6 Å². The number of amides is 1. The predicted octanol–water partition coefficient (Wildman–Crippen LogP) is 8.92. The van der Waals surface area contributed by atoms with Gasteiger partial charge in [-0.2, -0.15) is 0 Å². The summed E-state index contributed by atoms with van der Waals surface area (Å²) in [6.45, 7) is 13.0. The van der Waals surface area contributed by atoms with Crippen molar-refractivity contribution >= 4 is 51.6 Å². The Bertz CT molecular complexity index is 2070. The average molecular weight is 634 g/mol. The first-order valence-corrected chi connectivity index (χ1v) is 17.6. The first kappa shape index (κ1) is 31.5. The summed E-state index contributed by atoms with van der Waals surface area (Å²) >= 11 is 0. The molecular weight excluding hydrogens is 593 g/mol. The lowest BCUT2D eigenvalue weighted by Crippen LogP contribution is -2.29. The Hall–Kier alpha value is -4.52. The van der Waals surface area contributed by atoms with Gasteiger partial charge in [-0.25, -0.2) is 4.74 Å². The van der Waals surface area contributed by atoms with E-state index in [0.29, 0.717) is 18.7 Å². The maximum absolute atomic E-state index is 14.2. The Kier molecular flexibility index (Phi) is 8.21. The summed E-state index contributed by atoms with van der Waals surface area (Å²) in [7, 11) is -0.836. The molecule has 9 heteroatoms. The topological polar surface area (TPSA) is 84.0 Å². The molecule has 4 aromatic carbocycles. The number of hydrogen-bond acceptors (Lipinski definition) is 4. The number of non-ortho nitro benzene ring substituents is 1. The molecular formula is C37H40N5O3P. The highest BCUT2D eigenvalue weighted by molar-refractivity contribution is 7.75. The maximum atomic E-state index is 14.2. The van der Waals surface area contributed by atoms with Gasteiger partial charge in [0.15, 0.2) is 0 Å². The van der Waals surface area contributed by atoms with Crippen LogP contribution < -0.4 is 10.2 Å². The fourth-order valence-electron chi connectivity index (χ4n) is 7.03.